The molecule has 0 saturated heterocycles. The van der Waals surface area contributed by atoms with Crippen molar-refractivity contribution in [2.45, 2.75) is 33.4 Å². The molecule has 18 heavy (non-hydrogen) atoms. The molecule has 0 aromatic carbocycles. The van der Waals surface area contributed by atoms with E-state index in [0.29, 0.717) is 11.1 Å². The van der Waals surface area contributed by atoms with Gasteiger partial charge in [0, 0.05) is 32.4 Å². The standard InChI is InChI=1S/C14H22ClN3/c1-10(2)9-18(5)14-13(15)6-12(8-17-14)7-16-11(3)4/h6,8,11,16H,1,7,9H2,2-5H3. The summed E-state index contributed by atoms with van der Waals surface area (Å²) < 4.78 is 0. The highest BCUT2D eigenvalue weighted by molar-refractivity contribution is 6.33. The Labute approximate surface area is 115 Å². The fourth-order valence-corrected chi connectivity index (χ4v) is 1.98. The zero-order valence-corrected chi connectivity index (χ0v) is 12.4. The molecule has 0 aliphatic carbocycles. The first kappa shape index (κ1) is 15.0. The normalized spacial score (nSPS) is 10.8. The number of anilines is 1. The van der Waals surface area contributed by atoms with Crippen LogP contribution in [0.25, 0.3) is 0 Å². The molecule has 0 fully saturated rings. The van der Waals surface area contributed by atoms with Gasteiger partial charge in [0.1, 0.15) is 5.82 Å². The van der Waals surface area contributed by atoms with E-state index < -0.39 is 0 Å². The highest BCUT2D eigenvalue weighted by atomic mass is 35.5. The van der Waals surface area contributed by atoms with Gasteiger partial charge in [-0.05, 0) is 18.6 Å². The number of hydrogen-bond acceptors (Lipinski definition) is 3. The van der Waals surface area contributed by atoms with E-state index in [9.17, 15) is 0 Å². The SMILES string of the molecule is C=C(C)CN(C)c1ncc(CNC(C)C)cc1Cl. The molecule has 1 rings (SSSR count). The van der Waals surface area contributed by atoms with E-state index in [4.69, 9.17) is 11.6 Å². The van der Waals surface area contributed by atoms with Crippen LogP contribution in [0.2, 0.25) is 5.02 Å². The highest BCUT2D eigenvalue weighted by Gasteiger charge is 2.09. The fourth-order valence-electron chi connectivity index (χ4n) is 1.65. The Kier molecular flexibility index (Phi) is 5.63. The molecule has 1 heterocycles. The van der Waals surface area contributed by atoms with Gasteiger partial charge in [-0.2, -0.15) is 0 Å². The number of halogens is 1. The molecule has 1 aromatic rings. The summed E-state index contributed by atoms with van der Waals surface area (Å²) in [6, 6.07) is 2.42. The van der Waals surface area contributed by atoms with Gasteiger partial charge in [0.15, 0.2) is 0 Å². The van der Waals surface area contributed by atoms with Crippen molar-refractivity contribution in [3.63, 3.8) is 0 Å². The van der Waals surface area contributed by atoms with Crippen LogP contribution < -0.4 is 10.2 Å². The van der Waals surface area contributed by atoms with Crippen LogP contribution in [-0.2, 0) is 6.54 Å². The largest absolute Gasteiger partial charge is 0.354 e. The number of nitrogens with zero attached hydrogens (tertiary/aromatic N) is 2. The summed E-state index contributed by atoms with van der Waals surface area (Å²) in [7, 11) is 1.97. The summed E-state index contributed by atoms with van der Waals surface area (Å²) in [5.74, 6) is 0.799. The lowest BCUT2D eigenvalue weighted by Gasteiger charge is -2.20. The van der Waals surface area contributed by atoms with E-state index in [0.717, 1.165) is 30.0 Å². The minimum atomic E-state index is 0.453. The van der Waals surface area contributed by atoms with Gasteiger partial charge in [-0.3, -0.25) is 0 Å². The molecular formula is C14H22ClN3. The van der Waals surface area contributed by atoms with Crippen LogP contribution in [-0.4, -0.2) is 24.6 Å². The number of rotatable bonds is 6. The molecular weight excluding hydrogens is 246 g/mol. The Balaban J connectivity index is 2.75. The topological polar surface area (TPSA) is 28.2 Å². The number of nitrogens with one attached hydrogen (secondary N) is 1. The third-order valence-corrected chi connectivity index (χ3v) is 2.74. The van der Waals surface area contributed by atoms with E-state index in [2.05, 4.69) is 30.7 Å². The Morgan fingerprint density at radius 3 is 2.72 bits per heavy atom. The third-order valence-electron chi connectivity index (χ3n) is 2.46. The Morgan fingerprint density at radius 1 is 1.56 bits per heavy atom. The maximum absolute atomic E-state index is 6.26. The second-order valence-electron chi connectivity index (χ2n) is 5.00. The van der Waals surface area contributed by atoms with Crippen molar-refractivity contribution in [2.75, 3.05) is 18.5 Å². The molecule has 1 N–H and O–H groups in total. The number of likely N-dealkylation sites (N-methyl/N-ethyl adjacent to an activating group) is 1. The van der Waals surface area contributed by atoms with Gasteiger partial charge in [-0.25, -0.2) is 4.98 Å². The molecule has 0 unspecified atom stereocenters. The molecule has 0 spiro atoms. The minimum absolute atomic E-state index is 0.453. The molecule has 1 aromatic heterocycles. The van der Waals surface area contributed by atoms with Crippen LogP contribution >= 0.6 is 11.6 Å². The van der Waals surface area contributed by atoms with Crippen molar-refractivity contribution >= 4 is 17.4 Å². The summed E-state index contributed by atoms with van der Waals surface area (Å²) >= 11 is 6.26. The van der Waals surface area contributed by atoms with Gasteiger partial charge in [0.05, 0.1) is 5.02 Å². The smallest absolute Gasteiger partial charge is 0.147 e. The van der Waals surface area contributed by atoms with Crippen LogP contribution in [0.1, 0.15) is 26.3 Å². The molecule has 0 atom stereocenters. The van der Waals surface area contributed by atoms with Gasteiger partial charge in [0.25, 0.3) is 0 Å². The van der Waals surface area contributed by atoms with E-state index in [1.54, 1.807) is 0 Å². The first-order chi connectivity index (χ1) is 8.40. The molecule has 0 radical (unpaired) electrons. The molecule has 100 valence electrons. The van der Waals surface area contributed by atoms with Gasteiger partial charge >= 0.3 is 0 Å². The van der Waals surface area contributed by atoms with Crippen LogP contribution in [0.15, 0.2) is 24.4 Å². The zero-order valence-electron chi connectivity index (χ0n) is 11.6. The van der Waals surface area contributed by atoms with Crippen molar-refractivity contribution in [1.29, 1.82) is 0 Å². The monoisotopic (exact) mass is 267 g/mol. The lowest BCUT2D eigenvalue weighted by Crippen LogP contribution is -2.23. The summed E-state index contributed by atoms with van der Waals surface area (Å²) in [6.45, 7) is 11.7. The maximum Gasteiger partial charge on any atom is 0.147 e. The average molecular weight is 268 g/mol. The quantitative estimate of drug-likeness (QED) is 0.802. The minimum Gasteiger partial charge on any atom is -0.354 e. The molecule has 0 aliphatic rings. The number of aromatic nitrogens is 1. The van der Waals surface area contributed by atoms with Crippen molar-refractivity contribution < 1.29 is 0 Å². The summed E-state index contributed by atoms with van der Waals surface area (Å²) in [5, 5.41) is 4.03. The lowest BCUT2D eigenvalue weighted by molar-refractivity contribution is 0.588. The third kappa shape index (κ3) is 4.67. The van der Waals surface area contributed by atoms with Gasteiger partial charge in [-0.1, -0.05) is 37.6 Å². The van der Waals surface area contributed by atoms with Gasteiger partial charge in [-0.15, -0.1) is 0 Å². The second kappa shape index (κ2) is 6.76. The van der Waals surface area contributed by atoms with E-state index in [1.165, 1.54) is 0 Å². The first-order valence-corrected chi connectivity index (χ1v) is 6.51. The number of pyridine rings is 1. The Bertz CT molecular complexity index is 416. The molecule has 0 amide bonds. The van der Waals surface area contributed by atoms with Gasteiger partial charge < -0.3 is 10.2 Å². The van der Waals surface area contributed by atoms with Gasteiger partial charge in [0.2, 0.25) is 0 Å². The number of hydrogen-bond donors (Lipinski definition) is 1. The lowest BCUT2D eigenvalue weighted by atomic mass is 10.2. The first-order valence-electron chi connectivity index (χ1n) is 6.13. The van der Waals surface area contributed by atoms with Crippen LogP contribution in [0.4, 0.5) is 5.82 Å². The zero-order chi connectivity index (χ0) is 13.7. The van der Waals surface area contributed by atoms with Crippen molar-refractivity contribution in [3.8, 4) is 0 Å². The Hall–Kier alpha value is -1.06. The molecule has 3 nitrogen and oxygen atoms in total. The molecule has 0 saturated carbocycles. The summed E-state index contributed by atoms with van der Waals surface area (Å²) in [4.78, 5) is 6.43. The van der Waals surface area contributed by atoms with Crippen LogP contribution in [0.3, 0.4) is 0 Å². The molecule has 0 bridgehead atoms. The Morgan fingerprint density at radius 2 is 2.22 bits per heavy atom. The van der Waals surface area contributed by atoms with Crippen molar-refractivity contribution in [1.82, 2.24) is 10.3 Å². The van der Waals surface area contributed by atoms with Crippen LogP contribution in [0, 0.1) is 0 Å². The summed E-state index contributed by atoms with van der Waals surface area (Å²) in [6.07, 6.45) is 1.87. The molecule has 4 heteroatoms. The van der Waals surface area contributed by atoms with E-state index >= 15 is 0 Å². The fraction of sp³-hybridized carbons (Fsp3) is 0.500. The molecule has 0 aliphatic heterocycles. The predicted molar refractivity (Wildman–Crippen MR) is 79.3 cm³/mol. The second-order valence-corrected chi connectivity index (χ2v) is 5.40. The van der Waals surface area contributed by atoms with Crippen molar-refractivity contribution in [2.24, 2.45) is 0 Å². The maximum atomic E-state index is 6.26. The van der Waals surface area contributed by atoms with Crippen molar-refractivity contribution in [3.05, 3.63) is 35.0 Å². The van der Waals surface area contributed by atoms with E-state index in [1.807, 2.05) is 31.1 Å². The van der Waals surface area contributed by atoms with E-state index in [-0.39, 0.29) is 0 Å². The van der Waals surface area contributed by atoms with Crippen LogP contribution in [0.5, 0.6) is 0 Å². The predicted octanol–water partition coefficient (Wildman–Crippen LogP) is 3.25. The summed E-state index contributed by atoms with van der Waals surface area (Å²) in [5.41, 5.74) is 2.18. The average Bonchev–Trinajstić information content (AvgIpc) is 2.25. The highest BCUT2D eigenvalue weighted by Crippen LogP contribution is 2.23.